The van der Waals surface area contributed by atoms with Gasteiger partial charge in [-0.15, -0.1) is 0 Å². The topological polar surface area (TPSA) is 26.0 Å². The number of hydrogen-bond acceptors (Lipinski definition) is 1. The third-order valence-corrected chi connectivity index (χ3v) is 3.14. The first-order valence-electron chi connectivity index (χ1n) is 6.41. The molecule has 0 aromatic heterocycles. The second-order valence-electron chi connectivity index (χ2n) is 5.59. The number of aryl methyl sites for hydroxylation is 1. The van der Waals surface area contributed by atoms with Gasteiger partial charge in [0.2, 0.25) is 0 Å². The molecule has 0 heterocycles. The minimum Gasteiger partial charge on any atom is -0.324 e. The van der Waals surface area contributed by atoms with Crippen LogP contribution in [0.25, 0.3) is 0 Å². The Morgan fingerprint density at radius 2 is 1.82 bits per heavy atom. The highest BCUT2D eigenvalue weighted by atomic mass is 19.1. The van der Waals surface area contributed by atoms with Gasteiger partial charge in [0.15, 0.2) is 0 Å². The summed E-state index contributed by atoms with van der Waals surface area (Å²) in [4.78, 5) is 0. The van der Waals surface area contributed by atoms with Crippen LogP contribution in [-0.4, -0.2) is 0 Å². The van der Waals surface area contributed by atoms with Crippen LogP contribution < -0.4 is 5.73 Å². The summed E-state index contributed by atoms with van der Waals surface area (Å²) in [6.45, 7) is 8.47. The molecule has 1 rings (SSSR count). The van der Waals surface area contributed by atoms with E-state index < -0.39 is 0 Å². The summed E-state index contributed by atoms with van der Waals surface area (Å²) in [5.74, 6) is 1.15. The fourth-order valence-corrected chi connectivity index (χ4v) is 2.37. The van der Waals surface area contributed by atoms with Crippen molar-refractivity contribution in [2.45, 2.75) is 46.6 Å². The van der Waals surface area contributed by atoms with Crippen LogP contribution in [0.4, 0.5) is 4.39 Å². The zero-order valence-corrected chi connectivity index (χ0v) is 11.3. The average molecular weight is 237 g/mol. The summed E-state index contributed by atoms with van der Waals surface area (Å²) >= 11 is 0. The molecule has 0 amide bonds. The van der Waals surface area contributed by atoms with Gasteiger partial charge in [-0.25, -0.2) is 4.39 Å². The van der Waals surface area contributed by atoms with Gasteiger partial charge < -0.3 is 5.73 Å². The summed E-state index contributed by atoms with van der Waals surface area (Å²) < 4.78 is 13.2. The van der Waals surface area contributed by atoms with E-state index in [4.69, 9.17) is 5.73 Å². The molecule has 1 aromatic carbocycles. The van der Waals surface area contributed by atoms with E-state index in [1.807, 2.05) is 6.07 Å². The van der Waals surface area contributed by atoms with E-state index in [1.54, 1.807) is 13.0 Å². The largest absolute Gasteiger partial charge is 0.324 e. The van der Waals surface area contributed by atoms with E-state index in [0.29, 0.717) is 17.4 Å². The van der Waals surface area contributed by atoms with E-state index in [-0.39, 0.29) is 11.9 Å². The predicted octanol–water partition coefficient (Wildman–Crippen LogP) is 4.21. The zero-order chi connectivity index (χ0) is 13.0. The van der Waals surface area contributed by atoms with E-state index in [9.17, 15) is 4.39 Å². The van der Waals surface area contributed by atoms with Crippen molar-refractivity contribution in [1.29, 1.82) is 0 Å². The van der Waals surface area contributed by atoms with Gasteiger partial charge in [0, 0.05) is 6.04 Å². The fourth-order valence-electron chi connectivity index (χ4n) is 2.37. The van der Waals surface area contributed by atoms with Crippen molar-refractivity contribution in [2.24, 2.45) is 17.6 Å². The van der Waals surface area contributed by atoms with Crippen LogP contribution in [0.1, 0.15) is 50.8 Å². The Kier molecular flexibility index (Phi) is 5.13. The molecule has 0 aliphatic rings. The van der Waals surface area contributed by atoms with Gasteiger partial charge >= 0.3 is 0 Å². The Labute approximate surface area is 104 Å². The summed E-state index contributed by atoms with van der Waals surface area (Å²) in [5.41, 5.74) is 7.88. The van der Waals surface area contributed by atoms with Crippen LogP contribution in [-0.2, 0) is 0 Å². The van der Waals surface area contributed by atoms with Gasteiger partial charge in [-0.05, 0) is 48.8 Å². The van der Waals surface area contributed by atoms with Crippen LogP contribution >= 0.6 is 0 Å². The van der Waals surface area contributed by atoms with Crippen LogP contribution in [0.5, 0.6) is 0 Å². The van der Waals surface area contributed by atoms with Crippen molar-refractivity contribution in [1.82, 2.24) is 0 Å². The van der Waals surface area contributed by atoms with Crippen molar-refractivity contribution >= 4 is 0 Å². The molecule has 0 aliphatic carbocycles. The molecule has 0 saturated carbocycles. The molecule has 0 bridgehead atoms. The highest BCUT2D eigenvalue weighted by molar-refractivity contribution is 5.26. The lowest BCUT2D eigenvalue weighted by atomic mass is 9.90. The molecule has 1 aromatic rings. The molecule has 0 fully saturated rings. The minimum atomic E-state index is -0.156. The molecule has 0 aliphatic heterocycles. The summed E-state index contributed by atoms with van der Waals surface area (Å²) in [6, 6.07) is 5.19. The van der Waals surface area contributed by atoms with Crippen molar-refractivity contribution in [3.63, 3.8) is 0 Å². The maximum absolute atomic E-state index is 13.2. The van der Waals surface area contributed by atoms with Crippen molar-refractivity contribution in [3.05, 3.63) is 35.1 Å². The lowest BCUT2D eigenvalue weighted by Gasteiger charge is -2.19. The van der Waals surface area contributed by atoms with Crippen LogP contribution in [0.3, 0.4) is 0 Å². The van der Waals surface area contributed by atoms with E-state index in [0.717, 1.165) is 12.0 Å². The molecule has 96 valence electrons. The molecule has 0 radical (unpaired) electrons. The van der Waals surface area contributed by atoms with E-state index in [2.05, 4.69) is 20.8 Å². The van der Waals surface area contributed by atoms with Crippen LogP contribution in [0, 0.1) is 24.6 Å². The quantitative estimate of drug-likeness (QED) is 0.815. The molecule has 1 nitrogen and oxygen atoms in total. The molecule has 17 heavy (non-hydrogen) atoms. The van der Waals surface area contributed by atoms with Crippen molar-refractivity contribution < 1.29 is 4.39 Å². The Morgan fingerprint density at radius 1 is 1.18 bits per heavy atom. The normalized spacial score (nSPS) is 15.0. The van der Waals surface area contributed by atoms with Crippen LogP contribution in [0.2, 0.25) is 0 Å². The predicted molar refractivity (Wildman–Crippen MR) is 71.3 cm³/mol. The maximum Gasteiger partial charge on any atom is 0.126 e. The van der Waals surface area contributed by atoms with Crippen molar-refractivity contribution in [2.75, 3.05) is 0 Å². The number of nitrogens with two attached hydrogens (primary N) is 1. The lowest BCUT2D eigenvalue weighted by molar-refractivity contribution is 0.387. The van der Waals surface area contributed by atoms with Crippen molar-refractivity contribution in [3.8, 4) is 0 Å². The van der Waals surface area contributed by atoms with Gasteiger partial charge in [-0.3, -0.25) is 0 Å². The molecular weight excluding hydrogens is 213 g/mol. The third kappa shape index (κ3) is 4.47. The monoisotopic (exact) mass is 237 g/mol. The van der Waals surface area contributed by atoms with Crippen LogP contribution in [0.15, 0.2) is 18.2 Å². The zero-order valence-electron chi connectivity index (χ0n) is 11.3. The molecule has 0 saturated heterocycles. The highest BCUT2D eigenvalue weighted by Crippen LogP contribution is 2.24. The highest BCUT2D eigenvalue weighted by Gasteiger charge is 2.13. The maximum atomic E-state index is 13.2. The minimum absolute atomic E-state index is 0.0167. The number of benzene rings is 1. The van der Waals surface area contributed by atoms with Gasteiger partial charge in [0.05, 0.1) is 0 Å². The summed E-state index contributed by atoms with van der Waals surface area (Å²) in [7, 11) is 0. The first kappa shape index (κ1) is 14.2. The smallest absolute Gasteiger partial charge is 0.126 e. The third-order valence-electron chi connectivity index (χ3n) is 3.14. The first-order valence-corrected chi connectivity index (χ1v) is 6.41. The lowest BCUT2D eigenvalue weighted by Crippen LogP contribution is -2.15. The molecule has 2 unspecified atom stereocenters. The Hall–Kier alpha value is -0.890. The Morgan fingerprint density at radius 3 is 2.35 bits per heavy atom. The Bertz CT molecular complexity index is 360. The van der Waals surface area contributed by atoms with E-state index in [1.165, 1.54) is 12.5 Å². The molecule has 2 heteroatoms. The average Bonchev–Trinajstić information content (AvgIpc) is 2.20. The molecule has 2 atom stereocenters. The van der Waals surface area contributed by atoms with Gasteiger partial charge in [-0.2, -0.15) is 0 Å². The summed E-state index contributed by atoms with van der Waals surface area (Å²) in [5, 5.41) is 0. The van der Waals surface area contributed by atoms with E-state index >= 15 is 0 Å². The first-order chi connectivity index (χ1) is 7.90. The summed E-state index contributed by atoms with van der Waals surface area (Å²) in [6.07, 6.45) is 2.15. The fraction of sp³-hybridized carbons (Fsp3) is 0.600. The molecule has 2 N–H and O–H groups in total. The molecular formula is C15H24FN. The Balaban J connectivity index is 2.63. The second-order valence-corrected chi connectivity index (χ2v) is 5.59. The second kappa shape index (κ2) is 6.15. The number of rotatable bonds is 5. The number of hydrogen-bond donors (Lipinski definition) is 1. The standard InChI is InChI=1S/C15H24FN/c1-10(2)7-11(3)8-15(17)13-5-6-14(16)12(4)9-13/h5-6,9-11,15H,7-8,17H2,1-4H3. The van der Waals surface area contributed by atoms with Gasteiger partial charge in [0.1, 0.15) is 5.82 Å². The van der Waals surface area contributed by atoms with Gasteiger partial charge in [-0.1, -0.05) is 32.9 Å². The van der Waals surface area contributed by atoms with Gasteiger partial charge in [0.25, 0.3) is 0 Å². The number of halogens is 1. The molecule has 0 spiro atoms. The SMILES string of the molecule is Cc1cc(C(N)CC(C)CC(C)C)ccc1F.